The van der Waals surface area contributed by atoms with Crippen LogP contribution >= 0.6 is 21.6 Å². The maximum atomic E-state index is 11.5. The van der Waals surface area contributed by atoms with Crippen LogP contribution < -0.4 is 0 Å². The van der Waals surface area contributed by atoms with Crippen molar-refractivity contribution in [1.29, 1.82) is 0 Å². The van der Waals surface area contributed by atoms with E-state index in [1.807, 2.05) is 0 Å². The van der Waals surface area contributed by atoms with Gasteiger partial charge in [0.1, 0.15) is 0 Å². The lowest BCUT2D eigenvalue weighted by molar-refractivity contribution is -0.143. The Morgan fingerprint density at radius 3 is 1.83 bits per heavy atom. The molecule has 1 N–H and O–H groups in total. The predicted octanol–water partition coefficient (Wildman–Crippen LogP) is 5.70. The number of unbranched alkanes of at least 4 members (excludes halogenated alkanes) is 9. The van der Waals surface area contributed by atoms with Gasteiger partial charge in [-0.25, -0.2) is 0 Å². The van der Waals surface area contributed by atoms with Crippen molar-refractivity contribution in [1.82, 2.24) is 0 Å². The summed E-state index contributed by atoms with van der Waals surface area (Å²) in [6.45, 7) is 2.78. The van der Waals surface area contributed by atoms with Crippen molar-refractivity contribution in [2.24, 2.45) is 0 Å². The van der Waals surface area contributed by atoms with Crippen molar-refractivity contribution >= 4 is 33.5 Å². The zero-order valence-corrected chi connectivity index (χ0v) is 16.7. The molecule has 4 nitrogen and oxygen atoms in total. The van der Waals surface area contributed by atoms with E-state index in [1.54, 1.807) is 0 Å². The Morgan fingerprint density at radius 2 is 1.29 bits per heavy atom. The summed E-state index contributed by atoms with van der Waals surface area (Å²) in [6, 6.07) is 0. The molecule has 0 rings (SSSR count). The zero-order valence-electron chi connectivity index (χ0n) is 15.1. The van der Waals surface area contributed by atoms with Crippen LogP contribution in [0.1, 0.15) is 84.0 Å². The number of carbonyl (C=O) groups is 2. The monoisotopic (exact) mass is 378 g/mol. The second kappa shape index (κ2) is 19.0. The molecule has 0 saturated heterocycles. The van der Waals surface area contributed by atoms with E-state index in [4.69, 9.17) is 9.84 Å². The molecule has 0 heterocycles. The van der Waals surface area contributed by atoms with Crippen LogP contribution in [0.15, 0.2) is 0 Å². The Hall–Kier alpha value is -0.360. The molecule has 24 heavy (non-hydrogen) atoms. The number of hydrogen-bond donors (Lipinski definition) is 1. The van der Waals surface area contributed by atoms with E-state index in [1.165, 1.54) is 73.0 Å². The smallest absolute Gasteiger partial charge is 0.306 e. The molecule has 6 heteroatoms. The molecule has 0 spiro atoms. The van der Waals surface area contributed by atoms with Crippen LogP contribution in [0.3, 0.4) is 0 Å². The molecular weight excluding hydrogens is 344 g/mol. The van der Waals surface area contributed by atoms with Gasteiger partial charge < -0.3 is 9.84 Å². The van der Waals surface area contributed by atoms with Crippen LogP contribution in [0.2, 0.25) is 0 Å². The van der Waals surface area contributed by atoms with Gasteiger partial charge in [0.2, 0.25) is 0 Å². The SMILES string of the molecule is CCCCCCCCCCCCOC(=O)CCSSCCC(=O)O. The van der Waals surface area contributed by atoms with Crippen LogP contribution in [0, 0.1) is 0 Å². The van der Waals surface area contributed by atoms with Gasteiger partial charge in [-0.05, 0) is 6.42 Å². The largest absolute Gasteiger partial charge is 0.481 e. The maximum absolute atomic E-state index is 11.5. The first-order chi connectivity index (χ1) is 11.7. The van der Waals surface area contributed by atoms with Crippen molar-refractivity contribution in [2.45, 2.75) is 84.0 Å². The van der Waals surface area contributed by atoms with Gasteiger partial charge in [-0.1, -0.05) is 86.3 Å². The molecule has 142 valence electrons. The molecule has 0 aliphatic heterocycles. The highest BCUT2D eigenvalue weighted by Gasteiger charge is 2.03. The number of carbonyl (C=O) groups excluding carboxylic acids is 1. The van der Waals surface area contributed by atoms with E-state index < -0.39 is 5.97 Å². The van der Waals surface area contributed by atoms with E-state index in [-0.39, 0.29) is 12.4 Å². The first-order valence-corrected chi connectivity index (χ1v) is 11.8. The van der Waals surface area contributed by atoms with Gasteiger partial charge in [0, 0.05) is 11.5 Å². The highest BCUT2D eigenvalue weighted by molar-refractivity contribution is 8.76. The third-order valence-corrected chi connectivity index (χ3v) is 6.04. The predicted molar refractivity (Wildman–Crippen MR) is 105 cm³/mol. The molecule has 0 atom stereocenters. The average Bonchev–Trinajstić information content (AvgIpc) is 2.55. The number of rotatable bonds is 18. The first kappa shape index (κ1) is 23.6. The molecule has 0 radical (unpaired) electrons. The summed E-state index contributed by atoms with van der Waals surface area (Å²) in [4.78, 5) is 21.8. The minimum absolute atomic E-state index is 0.141. The van der Waals surface area contributed by atoms with Gasteiger partial charge in [0.25, 0.3) is 0 Å². The van der Waals surface area contributed by atoms with Gasteiger partial charge in [-0.3, -0.25) is 9.59 Å². The molecule has 0 bridgehead atoms. The Kier molecular flexibility index (Phi) is 18.7. The van der Waals surface area contributed by atoms with Crippen LogP contribution in [0.4, 0.5) is 0 Å². The quantitative estimate of drug-likeness (QED) is 0.188. The number of carboxylic acid groups (broad SMARTS) is 1. The van der Waals surface area contributed by atoms with Crippen LogP contribution in [-0.2, 0) is 14.3 Å². The second-order valence-corrected chi connectivity index (χ2v) is 8.64. The van der Waals surface area contributed by atoms with Gasteiger partial charge in [-0.2, -0.15) is 0 Å². The third kappa shape index (κ3) is 19.7. The Morgan fingerprint density at radius 1 is 0.792 bits per heavy atom. The number of aliphatic carboxylic acids is 1. The third-order valence-electron chi connectivity index (χ3n) is 3.63. The molecule has 0 saturated carbocycles. The fourth-order valence-electron chi connectivity index (χ4n) is 2.22. The van der Waals surface area contributed by atoms with Crippen LogP contribution in [-0.4, -0.2) is 35.2 Å². The van der Waals surface area contributed by atoms with Crippen LogP contribution in [0.5, 0.6) is 0 Å². The first-order valence-electron chi connectivity index (χ1n) is 9.28. The van der Waals surface area contributed by atoms with Gasteiger partial charge >= 0.3 is 11.9 Å². The van der Waals surface area contributed by atoms with Crippen molar-refractivity contribution in [3.05, 3.63) is 0 Å². The summed E-state index contributed by atoms with van der Waals surface area (Å²) >= 11 is 0. The molecular formula is C18H34O4S2. The van der Waals surface area contributed by atoms with Crippen molar-refractivity contribution in [2.75, 3.05) is 18.1 Å². The second-order valence-electron chi connectivity index (χ2n) is 5.94. The number of hydrogen-bond acceptors (Lipinski definition) is 5. The number of carboxylic acids is 1. The Labute approximate surface area is 155 Å². The maximum Gasteiger partial charge on any atom is 0.306 e. The van der Waals surface area contributed by atoms with E-state index >= 15 is 0 Å². The molecule has 0 amide bonds. The zero-order chi connectivity index (χ0) is 17.9. The Bertz CT molecular complexity index is 311. The summed E-state index contributed by atoms with van der Waals surface area (Å²) < 4.78 is 5.20. The minimum atomic E-state index is -0.779. The van der Waals surface area contributed by atoms with E-state index in [0.29, 0.717) is 24.5 Å². The fraction of sp³-hybridized carbons (Fsp3) is 0.889. The van der Waals surface area contributed by atoms with Gasteiger partial charge in [0.05, 0.1) is 19.4 Å². The normalized spacial score (nSPS) is 10.7. The lowest BCUT2D eigenvalue weighted by Gasteiger charge is -2.05. The van der Waals surface area contributed by atoms with Gasteiger partial charge in [0.15, 0.2) is 0 Å². The summed E-state index contributed by atoms with van der Waals surface area (Å²) in [7, 11) is 3.03. The summed E-state index contributed by atoms with van der Waals surface area (Å²) in [5.41, 5.74) is 0. The van der Waals surface area contributed by atoms with Crippen molar-refractivity contribution in [3.8, 4) is 0 Å². The topological polar surface area (TPSA) is 63.6 Å². The minimum Gasteiger partial charge on any atom is -0.481 e. The van der Waals surface area contributed by atoms with Crippen molar-refractivity contribution < 1.29 is 19.4 Å². The highest BCUT2D eigenvalue weighted by Crippen LogP contribution is 2.22. The molecule has 0 unspecified atom stereocenters. The molecule has 0 aliphatic carbocycles. The van der Waals surface area contributed by atoms with E-state index in [2.05, 4.69) is 6.92 Å². The Balaban J connectivity index is 3.16. The number of esters is 1. The van der Waals surface area contributed by atoms with E-state index in [0.717, 1.165) is 12.8 Å². The highest BCUT2D eigenvalue weighted by atomic mass is 33.1. The van der Waals surface area contributed by atoms with Crippen LogP contribution in [0.25, 0.3) is 0 Å². The summed E-state index contributed by atoms with van der Waals surface area (Å²) in [5, 5.41) is 8.49. The molecule has 0 aliphatic rings. The van der Waals surface area contributed by atoms with Crippen molar-refractivity contribution in [3.63, 3.8) is 0 Å². The van der Waals surface area contributed by atoms with E-state index in [9.17, 15) is 9.59 Å². The van der Waals surface area contributed by atoms with Gasteiger partial charge in [-0.15, -0.1) is 0 Å². The lowest BCUT2D eigenvalue weighted by Crippen LogP contribution is -2.06. The molecule has 0 fully saturated rings. The molecule has 0 aromatic rings. The molecule has 0 aromatic heterocycles. The summed E-state index contributed by atoms with van der Waals surface area (Å²) in [6.07, 6.45) is 13.3. The fourth-order valence-corrected chi connectivity index (χ4v) is 4.17. The lowest BCUT2D eigenvalue weighted by atomic mass is 10.1. The number of ether oxygens (including phenoxy) is 1. The molecule has 0 aromatic carbocycles. The summed E-state index contributed by atoms with van der Waals surface area (Å²) in [5.74, 6) is 0.339. The standard InChI is InChI=1S/C18H34O4S2/c1-2-3-4-5-6-7-8-9-10-11-14-22-18(21)13-16-24-23-15-12-17(19)20/h2-16H2,1H3,(H,19,20). The average molecular weight is 379 g/mol.